The lowest BCUT2D eigenvalue weighted by atomic mass is 9.97. The van der Waals surface area contributed by atoms with E-state index in [1.165, 1.54) is 0 Å². The Bertz CT molecular complexity index is 855. The van der Waals surface area contributed by atoms with E-state index in [1.807, 2.05) is 50.2 Å². The van der Waals surface area contributed by atoms with E-state index in [0.717, 1.165) is 28.1 Å². The number of hydrogen-bond acceptors (Lipinski definition) is 5. The van der Waals surface area contributed by atoms with Gasteiger partial charge in [-0.05, 0) is 61.2 Å². The zero-order valence-electron chi connectivity index (χ0n) is 15.0. The van der Waals surface area contributed by atoms with E-state index in [1.54, 1.807) is 7.11 Å². The quantitative estimate of drug-likeness (QED) is 0.712. The largest absolute Gasteiger partial charge is 0.497 e. The van der Waals surface area contributed by atoms with E-state index in [0.29, 0.717) is 12.2 Å². The second-order valence-corrected chi connectivity index (χ2v) is 6.24. The molecule has 0 aliphatic carbocycles. The van der Waals surface area contributed by atoms with Crippen molar-refractivity contribution in [1.29, 1.82) is 0 Å². The molecule has 134 valence electrons. The number of anilines is 1. The summed E-state index contributed by atoms with van der Waals surface area (Å²) in [5.74, 6) is 0.405. The molecule has 0 unspecified atom stereocenters. The van der Waals surface area contributed by atoms with Crippen LogP contribution in [0.2, 0.25) is 0 Å². The Kier molecular flexibility index (Phi) is 5.26. The maximum absolute atomic E-state index is 12.9. The number of nitrogens with one attached hydrogen (secondary N) is 2. The Morgan fingerprint density at radius 3 is 2.42 bits per heavy atom. The molecular weight excluding hydrogens is 330 g/mol. The molecule has 3 rings (SSSR count). The predicted molar refractivity (Wildman–Crippen MR) is 98.2 cm³/mol. The third kappa shape index (κ3) is 4.24. The molecule has 1 atom stereocenters. The van der Waals surface area contributed by atoms with Crippen LogP contribution >= 0.6 is 0 Å². The van der Waals surface area contributed by atoms with Gasteiger partial charge in [-0.1, -0.05) is 23.4 Å². The first-order chi connectivity index (χ1) is 12.5. The van der Waals surface area contributed by atoms with Crippen LogP contribution in [-0.4, -0.2) is 33.6 Å². The maximum Gasteiger partial charge on any atom is 0.235 e. The number of carbonyl (C=O) groups is 1. The first kappa shape index (κ1) is 17.6. The van der Waals surface area contributed by atoms with Crippen molar-refractivity contribution in [3.05, 3.63) is 65.0 Å². The van der Waals surface area contributed by atoms with E-state index in [-0.39, 0.29) is 5.91 Å². The van der Waals surface area contributed by atoms with Crippen LogP contribution in [-0.2, 0) is 11.2 Å². The highest BCUT2D eigenvalue weighted by Gasteiger charge is 2.25. The van der Waals surface area contributed by atoms with Crippen LogP contribution in [0.5, 0.6) is 5.75 Å². The van der Waals surface area contributed by atoms with Crippen LogP contribution in [0.25, 0.3) is 0 Å². The molecule has 2 aromatic carbocycles. The fraction of sp³-hybridized carbons (Fsp3) is 0.263. The number of nitrogens with zero attached hydrogens (tertiary/aromatic N) is 3. The van der Waals surface area contributed by atoms with Gasteiger partial charge in [0, 0.05) is 5.69 Å². The SMILES string of the molecule is COc1ccc(C[C@@H](C(=O)Nc2cc(C)cc(C)c2)c2nn[nH]n2)cc1. The number of ether oxygens (including phenoxy) is 1. The van der Waals surface area contributed by atoms with Crippen LogP contribution in [0.3, 0.4) is 0 Å². The zero-order valence-corrected chi connectivity index (χ0v) is 15.0. The number of benzene rings is 2. The number of aromatic amines is 1. The van der Waals surface area contributed by atoms with Crippen molar-refractivity contribution < 1.29 is 9.53 Å². The summed E-state index contributed by atoms with van der Waals surface area (Å²) in [7, 11) is 1.62. The Morgan fingerprint density at radius 2 is 1.85 bits per heavy atom. The number of aryl methyl sites for hydroxylation is 2. The van der Waals surface area contributed by atoms with E-state index in [2.05, 4.69) is 32.0 Å². The number of tetrazole rings is 1. The third-order valence-corrected chi connectivity index (χ3v) is 4.08. The molecule has 1 aromatic heterocycles. The number of H-pyrrole nitrogens is 1. The Balaban J connectivity index is 1.82. The van der Waals surface area contributed by atoms with Crippen molar-refractivity contribution in [2.75, 3.05) is 12.4 Å². The van der Waals surface area contributed by atoms with Crippen molar-refractivity contribution in [3.63, 3.8) is 0 Å². The molecule has 0 bridgehead atoms. The highest BCUT2D eigenvalue weighted by molar-refractivity contribution is 5.95. The van der Waals surface area contributed by atoms with Crippen molar-refractivity contribution in [2.45, 2.75) is 26.2 Å². The molecule has 3 aromatic rings. The number of amides is 1. The number of hydrogen-bond donors (Lipinski definition) is 2. The molecule has 1 heterocycles. The minimum absolute atomic E-state index is 0.174. The third-order valence-electron chi connectivity index (χ3n) is 4.08. The summed E-state index contributed by atoms with van der Waals surface area (Å²) < 4.78 is 5.18. The second-order valence-electron chi connectivity index (χ2n) is 6.24. The molecule has 0 radical (unpaired) electrons. The summed E-state index contributed by atoms with van der Waals surface area (Å²) in [4.78, 5) is 12.9. The standard InChI is InChI=1S/C19H21N5O2/c1-12-8-13(2)10-15(9-12)20-19(25)17(18-21-23-24-22-18)11-14-4-6-16(26-3)7-5-14/h4-10,17H,11H2,1-3H3,(H,20,25)(H,21,22,23,24)/t17-/m1/s1. The highest BCUT2D eigenvalue weighted by atomic mass is 16.5. The summed E-state index contributed by atoms with van der Waals surface area (Å²) in [6.45, 7) is 3.99. The molecule has 1 amide bonds. The molecule has 0 aliphatic rings. The number of carbonyl (C=O) groups excluding carboxylic acids is 1. The van der Waals surface area contributed by atoms with Gasteiger partial charge in [0.15, 0.2) is 5.82 Å². The van der Waals surface area contributed by atoms with Gasteiger partial charge in [0.1, 0.15) is 11.7 Å². The van der Waals surface area contributed by atoms with Crippen LogP contribution < -0.4 is 10.1 Å². The summed E-state index contributed by atoms with van der Waals surface area (Å²) in [6.07, 6.45) is 0.458. The van der Waals surface area contributed by atoms with Gasteiger partial charge in [0.25, 0.3) is 0 Å². The number of rotatable bonds is 6. The highest BCUT2D eigenvalue weighted by Crippen LogP contribution is 2.22. The van der Waals surface area contributed by atoms with Crippen LogP contribution in [0.15, 0.2) is 42.5 Å². The molecule has 0 saturated carbocycles. The van der Waals surface area contributed by atoms with E-state index in [4.69, 9.17) is 4.74 Å². The normalized spacial score (nSPS) is 11.8. The first-order valence-electron chi connectivity index (χ1n) is 8.30. The molecule has 2 N–H and O–H groups in total. The molecule has 0 spiro atoms. The lowest BCUT2D eigenvalue weighted by Gasteiger charge is -2.15. The summed E-state index contributed by atoms with van der Waals surface area (Å²) in [5, 5.41) is 17.0. The van der Waals surface area contributed by atoms with E-state index < -0.39 is 5.92 Å². The topological polar surface area (TPSA) is 92.8 Å². The summed E-state index contributed by atoms with van der Waals surface area (Å²) in [5.41, 5.74) is 3.92. The van der Waals surface area contributed by atoms with Gasteiger partial charge in [-0.15, -0.1) is 10.2 Å². The molecular formula is C19H21N5O2. The fourth-order valence-electron chi connectivity index (χ4n) is 2.89. The van der Waals surface area contributed by atoms with Gasteiger partial charge < -0.3 is 10.1 Å². The lowest BCUT2D eigenvalue weighted by molar-refractivity contribution is -0.117. The lowest BCUT2D eigenvalue weighted by Crippen LogP contribution is -2.24. The second kappa shape index (κ2) is 7.77. The Labute approximate surface area is 151 Å². The van der Waals surface area contributed by atoms with Crippen LogP contribution in [0, 0.1) is 13.8 Å². The Hall–Kier alpha value is -3.22. The average Bonchev–Trinajstić information content (AvgIpc) is 3.13. The summed E-state index contributed by atoms with van der Waals surface area (Å²) in [6, 6.07) is 13.5. The van der Waals surface area contributed by atoms with Gasteiger partial charge in [-0.2, -0.15) is 5.21 Å². The van der Waals surface area contributed by atoms with Crippen molar-refractivity contribution >= 4 is 11.6 Å². The molecule has 7 heteroatoms. The van der Waals surface area contributed by atoms with Gasteiger partial charge in [0.05, 0.1) is 7.11 Å². The predicted octanol–water partition coefficient (Wildman–Crippen LogP) is 2.79. The fourth-order valence-corrected chi connectivity index (χ4v) is 2.89. The molecule has 26 heavy (non-hydrogen) atoms. The van der Waals surface area contributed by atoms with Crippen LogP contribution in [0.4, 0.5) is 5.69 Å². The number of aromatic nitrogens is 4. The van der Waals surface area contributed by atoms with Gasteiger partial charge in [0.2, 0.25) is 5.91 Å². The minimum atomic E-state index is -0.553. The first-order valence-corrected chi connectivity index (χ1v) is 8.30. The monoisotopic (exact) mass is 351 g/mol. The van der Waals surface area contributed by atoms with Crippen molar-refractivity contribution in [3.8, 4) is 5.75 Å². The van der Waals surface area contributed by atoms with Gasteiger partial charge >= 0.3 is 0 Å². The van der Waals surface area contributed by atoms with Crippen molar-refractivity contribution in [2.24, 2.45) is 0 Å². The average molecular weight is 351 g/mol. The number of methoxy groups -OCH3 is 1. The van der Waals surface area contributed by atoms with Crippen LogP contribution in [0.1, 0.15) is 28.4 Å². The molecule has 0 saturated heterocycles. The molecule has 7 nitrogen and oxygen atoms in total. The van der Waals surface area contributed by atoms with Gasteiger partial charge in [-0.3, -0.25) is 4.79 Å². The summed E-state index contributed by atoms with van der Waals surface area (Å²) >= 11 is 0. The minimum Gasteiger partial charge on any atom is -0.497 e. The van der Waals surface area contributed by atoms with Crippen molar-refractivity contribution in [1.82, 2.24) is 20.6 Å². The molecule has 0 fully saturated rings. The van der Waals surface area contributed by atoms with E-state index in [9.17, 15) is 4.79 Å². The smallest absolute Gasteiger partial charge is 0.235 e. The maximum atomic E-state index is 12.9. The Morgan fingerprint density at radius 1 is 1.15 bits per heavy atom. The van der Waals surface area contributed by atoms with Gasteiger partial charge in [-0.25, -0.2) is 0 Å². The van der Waals surface area contributed by atoms with E-state index >= 15 is 0 Å². The molecule has 0 aliphatic heterocycles. The zero-order chi connectivity index (χ0) is 18.5.